The second-order valence-electron chi connectivity index (χ2n) is 3.89. The zero-order valence-electron chi connectivity index (χ0n) is 8.34. The third-order valence-corrected chi connectivity index (χ3v) is 2.67. The molecule has 0 amide bonds. The predicted molar refractivity (Wildman–Crippen MR) is 50.9 cm³/mol. The van der Waals surface area contributed by atoms with Crippen LogP contribution in [0.15, 0.2) is 18.2 Å². The van der Waals surface area contributed by atoms with Gasteiger partial charge in [0.1, 0.15) is 5.75 Å². The molecule has 0 radical (unpaired) electrons. The Labute approximate surface area is 86.5 Å². The molecule has 2 rings (SSSR count). The van der Waals surface area contributed by atoms with Crippen molar-refractivity contribution in [3.63, 3.8) is 0 Å². The largest absolute Gasteiger partial charge is 0.435 e. The molecular formula is C11H12F2O2. The van der Waals surface area contributed by atoms with Crippen LogP contribution >= 0.6 is 0 Å². The lowest BCUT2D eigenvalue weighted by atomic mass is 10.1. The molecule has 0 spiro atoms. The fraction of sp³-hybridized carbons (Fsp3) is 0.455. The maximum Gasteiger partial charge on any atom is 0.387 e. The van der Waals surface area contributed by atoms with Crippen molar-refractivity contribution in [2.75, 3.05) is 0 Å². The van der Waals surface area contributed by atoms with E-state index in [4.69, 9.17) is 0 Å². The van der Waals surface area contributed by atoms with E-state index in [1.807, 2.05) is 0 Å². The summed E-state index contributed by atoms with van der Waals surface area (Å²) in [4.78, 5) is 0. The summed E-state index contributed by atoms with van der Waals surface area (Å²) in [6.45, 7) is -1.13. The van der Waals surface area contributed by atoms with Crippen LogP contribution in [0.25, 0.3) is 0 Å². The number of benzene rings is 1. The number of aryl methyl sites for hydroxylation is 1. The molecule has 4 heteroatoms. The third kappa shape index (κ3) is 2.09. The van der Waals surface area contributed by atoms with Crippen LogP contribution in [0.3, 0.4) is 0 Å². The quantitative estimate of drug-likeness (QED) is 0.837. The van der Waals surface area contributed by atoms with Crippen molar-refractivity contribution in [1.82, 2.24) is 0 Å². The van der Waals surface area contributed by atoms with Gasteiger partial charge in [0.25, 0.3) is 0 Å². The van der Waals surface area contributed by atoms with Gasteiger partial charge in [-0.15, -0.1) is 0 Å². The van der Waals surface area contributed by atoms with E-state index in [0.717, 1.165) is 0 Å². The van der Waals surface area contributed by atoms with Crippen LogP contribution < -0.4 is 4.74 Å². The molecule has 2 nitrogen and oxygen atoms in total. The van der Waals surface area contributed by atoms with Crippen molar-refractivity contribution >= 4 is 0 Å². The number of ether oxygens (including phenoxy) is 1. The van der Waals surface area contributed by atoms with Crippen LogP contribution in [0.4, 0.5) is 8.78 Å². The standard InChI is InChI=1S/C11H12F2O2/c1-7-2-3-8(11(14)4-5-11)6-9(7)15-10(12)13/h2-3,6,10,14H,4-5H2,1H3. The Morgan fingerprint density at radius 2 is 2.07 bits per heavy atom. The van der Waals surface area contributed by atoms with Gasteiger partial charge in [0, 0.05) is 0 Å². The topological polar surface area (TPSA) is 29.5 Å². The molecule has 0 bridgehead atoms. The molecule has 1 fully saturated rings. The van der Waals surface area contributed by atoms with E-state index in [2.05, 4.69) is 4.74 Å². The monoisotopic (exact) mass is 214 g/mol. The molecule has 1 saturated carbocycles. The summed E-state index contributed by atoms with van der Waals surface area (Å²) in [5.74, 6) is 0.142. The zero-order valence-corrected chi connectivity index (χ0v) is 8.34. The molecule has 0 saturated heterocycles. The first kappa shape index (κ1) is 10.4. The summed E-state index contributed by atoms with van der Waals surface area (Å²) in [5, 5.41) is 9.81. The second kappa shape index (κ2) is 3.45. The summed E-state index contributed by atoms with van der Waals surface area (Å²) in [6.07, 6.45) is 1.37. The minimum absolute atomic E-state index is 0.142. The number of hydrogen-bond acceptors (Lipinski definition) is 2. The van der Waals surface area contributed by atoms with E-state index in [1.54, 1.807) is 19.1 Å². The van der Waals surface area contributed by atoms with Gasteiger partial charge in [0.15, 0.2) is 0 Å². The molecule has 1 aliphatic carbocycles. The highest BCUT2D eigenvalue weighted by Crippen LogP contribution is 2.46. The highest BCUT2D eigenvalue weighted by molar-refractivity contribution is 5.40. The molecule has 1 aromatic rings. The Morgan fingerprint density at radius 1 is 1.40 bits per heavy atom. The van der Waals surface area contributed by atoms with E-state index in [0.29, 0.717) is 24.0 Å². The highest BCUT2D eigenvalue weighted by atomic mass is 19.3. The Balaban J connectivity index is 2.28. The first-order chi connectivity index (χ1) is 7.01. The maximum absolute atomic E-state index is 12.1. The van der Waals surface area contributed by atoms with Crippen molar-refractivity contribution < 1.29 is 18.6 Å². The van der Waals surface area contributed by atoms with Crippen LogP contribution in [-0.4, -0.2) is 11.7 Å². The highest BCUT2D eigenvalue weighted by Gasteiger charge is 2.42. The van der Waals surface area contributed by atoms with E-state index < -0.39 is 12.2 Å². The molecule has 0 heterocycles. The molecule has 82 valence electrons. The van der Waals surface area contributed by atoms with Crippen LogP contribution in [0.2, 0.25) is 0 Å². The van der Waals surface area contributed by atoms with Gasteiger partial charge < -0.3 is 9.84 Å². The first-order valence-corrected chi connectivity index (χ1v) is 4.80. The molecular weight excluding hydrogens is 202 g/mol. The molecule has 15 heavy (non-hydrogen) atoms. The van der Waals surface area contributed by atoms with E-state index >= 15 is 0 Å². The number of rotatable bonds is 3. The van der Waals surface area contributed by atoms with Gasteiger partial charge in [-0.1, -0.05) is 12.1 Å². The van der Waals surface area contributed by atoms with Gasteiger partial charge in [-0.25, -0.2) is 0 Å². The molecule has 1 N–H and O–H groups in total. The van der Waals surface area contributed by atoms with Crippen LogP contribution in [0.1, 0.15) is 24.0 Å². The molecule has 0 aromatic heterocycles. The van der Waals surface area contributed by atoms with Gasteiger partial charge in [-0.3, -0.25) is 0 Å². The number of aliphatic hydroxyl groups is 1. The molecule has 1 aliphatic rings. The summed E-state index contributed by atoms with van der Waals surface area (Å²) < 4.78 is 28.5. The van der Waals surface area contributed by atoms with Crippen molar-refractivity contribution in [2.24, 2.45) is 0 Å². The van der Waals surface area contributed by atoms with Gasteiger partial charge >= 0.3 is 6.61 Å². The van der Waals surface area contributed by atoms with Gasteiger partial charge in [-0.05, 0) is 37.0 Å². The summed E-state index contributed by atoms with van der Waals surface area (Å²) >= 11 is 0. The Hall–Kier alpha value is -1.16. The zero-order chi connectivity index (χ0) is 11.1. The van der Waals surface area contributed by atoms with Crippen molar-refractivity contribution in [3.8, 4) is 5.75 Å². The van der Waals surface area contributed by atoms with Gasteiger partial charge in [0.2, 0.25) is 0 Å². The Kier molecular flexibility index (Phi) is 2.38. The Bertz CT molecular complexity index is 373. The molecule has 1 aromatic carbocycles. The van der Waals surface area contributed by atoms with Crippen LogP contribution in [-0.2, 0) is 5.60 Å². The number of hydrogen-bond donors (Lipinski definition) is 1. The summed E-state index contributed by atoms with van der Waals surface area (Å²) in [7, 11) is 0. The van der Waals surface area contributed by atoms with Crippen molar-refractivity contribution in [3.05, 3.63) is 29.3 Å². The predicted octanol–water partition coefficient (Wildman–Crippen LogP) is 2.58. The maximum atomic E-state index is 12.1. The van der Waals surface area contributed by atoms with Gasteiger partial charge in [-0.2, -0.15) is 8.78 Å². The van der Waals surface area contributed by atoms with Gasteiger partial charge in [0.05, 0.1) is 5.60 Å². The van der Waals surface area contributed by atoms with E-state index in [9.17, 15) is 13.9 Å². The normalized spacial score (nSPS) is 17.9. The van der Waals surface area contributed by atoms with Crippen LogP contribution in [0.5, 0.6) is 5.75 Å². The third-order valence-electron chi connectivity index (χ3n) is 2.67. The SMILES string of the molecule is Cc1ccc(C2(O)CC2)cc1OC(F)F. The Morgan fingerprint density at radius 3 is 2.60 bits per heavy atom. The van der Waals surface area contributed by atoms with E-state index in [1.165, 1.54) is 6.07 Å². The minimum Gasteiger partial charge on any atom is -0.435 e. The fourth-order valence-electron chi connectivity index (χ4n) is 1.52. The molecule has 0 atom stereocenters. The fourth-order valence-corrected chi connectivity index (χ4v) is 1.52. The van der Waals surface area contributed by atoms with E-state index in [-0.39, 0.29) is 5.75 Å². The average Bonchev–Trinajstić information content (AvgIpc) is 2.88. The summed E-state index contributed by atoms with van der Waals surface area (Å²) in [6, 6.07) is 4.93. The smallest absolute Gasteiger partial charge is 0.387 e. The molecule has 0 unspecified atom stereocenters. The van der Waals surface area contributed by atoms with Crippen molar-refractivity contribution in [2.45, 2.75) is 32.0 Å². The average molecular weight is 214 g/mol. The lowest BCUT2D eigenvalue weighted by molar-refractivity contribution is -0.0504. The number of halogens is 2. The first-order valence-electron chi connectivity index (χ1n) is 4.80. The minimum atomic E-state index is -2.83. The summed E-state index contributed by atoms with van der Waals surface area (Å²) in [5.41, 5.74) is 0.487. The number of alkyl halides is 2. The lowest BCUT2D eigenvalue weighted by Crippen LogP contribution is -2.07. The molecule has 0 aliphatic heterocycles. The van der Waals surface area contributed by atoms with Crippen molar-refractivity contribution in [1.29, 1.82) is 0 Å². The van der Waals surface area contributed by atoms with Crippen LogP contribution in [0, 0.1) is 6.92 Å². The second-order valence-corrected chi connectivity index (χ2v) is 3.89. The lowest BCUT2D eigenvalue weighted by Gasteiger charge is -2.12.